The van der Waals surface area contributed by atoms with Crippen LogP contribution in [0.1, 0.15) is 6.42 Å². The van der Waals surface area contributed by atoms with Gasteiger partial charge in [-0.3, -0.25) is 9.59 Å². The Kier molecular flexibility index (Phi) is 4.34. The highest BCUT2D eigenvalue weighted by Gasteiger charge is 2.29. The minimum Gasteiger partial charge on any atom is -0.378 e. The molecule has 2 amide bonds. The molecule has 1 aromatic carbocycles. The summed E-state index contributed by atoms with van der Waals surface area (Å²) in [4.78, 5) is 26.7. The molecule has 1 heterocycles. The molecule has 0 spiro atoms. The molecule has 8 heteroatoms. The van der Waals surface area contributed by atoms with Gasteiger partial charge in [0.2, 0.25) is 5.91 Å². The summed E-state index contributed by atoms with van der Waals surface area (Å²) in [6.45, 7) is 0. The second-order valence-corrected chi connectivity index (χ2v) is 5.81. The Morgan fingerprint density at radius 1 is 1.42 bits per heavy atom. The summed E-state index contributed by atoms with van der Waals surface area (Å²) in [6, 6.07) is 4.74. The number of nitrogens with zero attached hydrogens (tertiary/aromatic N) is 1. The Morgan fingerprint density at radius 2 is 2.16 bits per heavy atom. The third-order valence-corrected chi connectivity index (χ3v) is 4.06. The largest absolute Gasteiger partial charge is 0.378 e. The van der Waals surface area contributed by atoms with Gasteiger partial charge in [-0.25, -0.2) is 0 Å². The van der Waals surface area contributed by atoms with Gasteiger partial charge in [-0.05, 0) is 18.2 Å². The molecule has 5 nitrogen and oxygen atoms in total. The van der Waals surface area contributed by atoms with E-state index in [9.17, 15) is 9.59 Å². The van der Waals surface area contributed by atoms with Gasteiger partial charge in [0.25, 0.3) is 5.91 Å². The normalized spacial score (nSPS) is 18.3. The van der Waals surface area contributed by atoms with Crippen molar-refractivity contribution in [2.24, 2.45) is 10.7 Å². The molecule has 100 valence electrons. The number of thioether (sulfide) groups is 1. The van der Waals surface area contributed by atoms with Crippen molar-refractivity contribution in [2.75, 3.05) is 5.32 Å². The standard InChI is InChI=1S/C11H9Cl2N3O2S/c12-6-2-1-5(3-7(6)13)15-9(17)4-8-10(18)16-11(14)19-8/h1-3,8H,4H2,(H,15,17)(H2,14,16,18). The molecule has 0 saturated carbocycles. The smallest absolute Gasteiger partial charge is 0.262 e. The van der Waals surface area contributed by atoms with E-state index in [2.05, 4.69) is 10.3 Å². The molecule has 1 aliphatic rings. The van der Waals surface area contributed by atoms with Crippen LogP contribution in [0.25, 0.3) is 0 Å². The number of carbonyl (C=O) groups is 2. The van der Waals surface area contributed by atoms with Gasteiger partial charge < -0.3 is 11.1 Å². The summed E-state index contributed by atoms with van der Waals surface area (Å²) in [5.74, 6) is -0.694. The molecule has 1 unspecified atom stereocenters. The first-order valence-corrected chi connectivity index (χ1v) is 6.89. The van der Waals surface area contributed by atoms with Crippen molar-refractivity contribution in [3.8, 4) is 0 Å². The SMILES string of the molecule is NC1=NC(=O)C(CC(=O)Nc2ccc(Cl)c(Cl)c2)S1. The molecular formula is C11H9Cl2N3O2S. The van der Waals surface area contributed by atoms with Gasteiger partial charge >= 0.3 is 0 Å². The number of amides is 2. The highest BCUT2D eigenvalue weighted by Crippen LogP contribution is 2.26. The molecule has 2 rings (SSSR count). The second-order valence-electron chi connectivity index (χ2n) is 3.78. The predicted molar refractivity (Wildman–Crippen MR) is 77.7 cm³/mol. The quantitative estimate of drug-likeness (QED) is 0.895. The molecule has 0 radical (unpaired) electrons. The van der Waals surface area contributed by atoms with Gasteiger partial charge in [-0.15, -0.1) is 0 Å². The van der Waals surface area contributed by atoms with E-state index in [-0.39, 0.29) is 23.4 Å². The van der Waals surface area contributed by atoms with E-state index < -0.39 is 5.25 Å². The molecule has 3 N–H and O–H groups in total. The monoisotopic (exact) mass is 317 g/mol. The molecule has 0 aromatic heterocycles. The van der Waals surface area contributed by atoms with E-state index in [0.717, 1.165) is 11.8 Å². The summed E-state index contributed by atoms with van der Waals surface area (Å²) in [6.07, 6.45) is 0.00788. The number of hydrogen-bond acceptors (Lipinski definition) is 4. The zero-order chi connectivity index (χ0) is 14.0. The summed E-state index contributed by atoms with van der Waals surface area (Å²) >= 11 is 12.7. The lowest BCUT2D eigenvalue weighted by molar-refractivity contribution is -0.121. The maximum Gasteiger partial charge on any atom is 0.262 e. The zero-order valence-electron chi connectivity index (χ0n) is 9.52. The Morgan fingerprint density at radius 3 is 2.74 bits per heavy atom. The van der Waals surface area contributed by atoms with Gasteiger partial charge in [0.05, 0.1) is 10.0 Å². The van der Waals surface area contributed by atoms with E-state index in [1.54, 1.807) is 12.1 Å². The number of aliphatic imine (C=N–C) groups is 1. The van der Waals surface area contributed by atoms with Crippen LogP contribution in [-0.2, 0) is 9.59 Å². The van der Waals surface area contributed by atoms with Crippen LogP contribution in [-0.4, -0.2) is 22.2 Å². The first kappa shape index (κ1) is 14.2. The number of anilines is 1. The molecular weight excluding hydrogens is 309 g/mol. The summed E-state index contributed by atoms with van der Waals surface area (Å²) in [7, 11) is 0. The van der Waals surface area contributed by atoms with Crippen molar-refractivity contribution in [2.45, 2.75) is 11.7 Å². The van der Waals surface area contributed by atoms with E-state index in [1.807, 2.05) is 0 Å². The van der Waals surface area contributed by atoms with Crippen molar-refractivity contribution in [3.63, 3.8) is 0 Å². The van der Waals surface area contributed by atoms with Crippen LogP contribution in [0.3, 0.4) is 0 Å². The summed E-state index contributed by atoms with van der Waals surface area (Å²) in [5.41, 5.74) is 5.93. The minimum absolute atomic E-state index is 0.00788. The number of benzene rings is 1. The fourth-order valence-corrected chi connectivity index (χ4v) is 2.61. The van der Waals surface area contributed by atoms with Crippen LogP contribution in [0.2, 0.25) is 10.0 Å². The lowest BCUT2D eigenvalue weighted by atomic mass is 10.2. The zero-order valence-corrected chi connectivity index (χ0v) is 11.9. The maximum atomic E-state index is 11.8. The van der Waals surface area contributed by atoms with Gasteiger partial charge in [0, 0.05) is 12.1 Å². The number of rotatable bonds is 3. The Bertz CT molecular complexity index is 577. The van der Waals surface area contributed by atoms with Crippen molar-refractivity contribution in [1.82, 2.24) is 0 Å². The topological polar surface area (TPSA) is 84.5 Å². The van der Waals surface area contributed by atoms with Crippen molar-refractivity contribution in [3.05, 3.63) is 28.2 Å². The highest BCUT2D eigenvalue weighted by atomic mass is 35.5. The molecule has 0 saturated heterocycles. The van der Waals surface area contributed by atoms with Crippen LogP contribution in [0, 0.1) is 0 Å². The fourth-order valence-electron chi connectivity index (χ4n) is 1.49. The van der Waals surface area contributed by atoms with Crippen LogP contribution < -0.4 is 11.1 Å². The summed E-state index contributed by atoms with van der Waals surface area (Å²) in [5, 5.41) is 3.02. The number of carbonyl (C=O) groups excluding carboxylic acids is 2. The first-order chi connectivity index (χ1) is 8.95. The van der Waals surface area contributed by atoms with Gasteiger partial charge in [0.1, 0.15) is 5.25 Å². The molecule has 0 fully saturated rings. The lowest BCUT2D eigenvalue weighted by Gasteiger charge is -2.08. The number of hydrogen-bond donors (Lipinski definition) is 2. The molecule has 1 aromatic rings. The lowest BCUT2D eigenvalue weighted by Crippen LogP contribution is -2.21. The average molecular weight is 318 g/mol. The average Bonchev–Trinajstić information content (AvgIpc) is 2.62. The summed E-state index contributed by atoms with van der Waals surface area (Å²) < 4.78 is 0. The first-order valence-electron chi connectivity index (χ1n) is 5.25. The van der Waals surface area contributed by atoms with Crippen molar-refractivity contribution in [1.29, 1.82) is 0 Å². The molecule has 19 heavy (non-hydrogen) atoms. The van der Waals surface area contributed by atoms with Crippen LogP contribution >= 0.6 is 35.0 Å². The Hall–Kier alpha value is -1.24. The van der Waals surface area contributed by atoms with Crippen molar-refractivity contribution < 1.29 is 9.59 Å². The minimum atomic E-state index is -0.553. The maximum absolute atomic E-state index is 11.8. The van der Waals surface area contributed by atoms with Crippen LogP contribution in [0.15, 0.2) is 23.2 Å². The number of halogens is 2. The predicted octanol–water partition coefficient (Wildman–Crippen LogP) is 2.28. The van der Waals surface area contributed by atoms with E-state index in [1.165, 1.54) is 6.07 Å². The third-order valence-electron chi connectivity index (χ3n) is 2.33. The van der Waals surface area contributed by atoms with Gasteiger partial charge in [0.15, 0.2) is 5.17 Å². The number of nitrogens with one attached hydrogen (secondary N) is 1. The number of amidine groups is 1. The fraction of sp³-hybridized carbons (Fsp3) is 0.182. The van der Waals surface area contributed by atoms with E-state index in [4.69, 9.17) is 28.9 Å². The van der Waals surface area contributed by atoms with Crippen LogP contribution in [0.4, 0.5) is 5.69 Å². The number of nitrogens with two attached hydrogens (primary N) is 1. The van der Waals surface area contributed by atoms with Gasteiger partial charge in [-0.2, -0.15) is 4.99 Å². The third kappa shape index (κ3) is 3.62. The Balaban J connectivity index is 1.95. The van der Waals surface area contributed by atoms with Crippen molar-refractivity contribution >= 4 is 57.6 Å². The van der Waals surface area contributed by atoms with E-state index >= 15 is 0 Å². The molecule has 0 bridgehead atoms. The van der Waals surface area contributed by atoms with Crippen LogP contribution in [0.5, 0.6) is 0 Å². The molecule has 0 aliphatic carbocycles. The molecule has 1 aliphatic heterocycles. The highest BCUT2D eigenvalue weighted by molar-refractivity contribution is 8.15. The Labute approximate surface area is 123 Å². The molecule has 1 atom stereocenters. The van der Waals surface area contributed by atoms with Gasteiger partial charge in [-0.1, -0.05) is 35.0 Å². The second kappa shape index (κ2) is 5.81. The van der Waals surface area contributed by atoms with E-state index in [0.29, 0.717) is 15.7 Å².